The number of nitrogens with zero attached hydrogens (tertiary/aromatic N) is 2. The first kappa shape index (κ1) is 18.4. The molecule has 1 aromatic heterocycles. The van der Waals surface area contributed by atoms with Crippen LogP contribution in [0.25, 0.3) is 10.9 Å². The first-order valence-electron chi connectivity index (χ1n) is 8.83. The second-order valence-corrected chi connectivity index (χ2v) is 7.70. The third-order valence-electron chi connectivity index (χ3n) is 5.02. The summed E-state index contributed by atoms with van der Waals surface area (Å²) in [4.78, 5) is 15.3. The van der Waals surface area contributed by atoms with E-state index in [1.54, 1.807) is 0 Å². The number of carbonyl (C=O) groups is 1. The maximum atomic E-state index is 12.9. The van der Waals surface area contributed by atoms with Crippen molar-refractivity contribution in [3.8, 4) is 0 Å². The van der Waals surface area contributed by atoms with Crippen molar-refractivity contribution < 1.29 is 9.53 Å². The predicted octanol–water partition coefficient (Wildman–Crippen LogP) is 3.03. The molecule has 2 heterocycles. The molecule has 6 heteroatoms. The lowest BCUT2D eigenvalue weighted by atomic mass is 10.0. The van der Waals surface area contributed by atoms with Crippen molar-refractivity contribution >= 4 is 32.7 Å². The smallest absolute Gasteiger partial charge is 0.269 e. The normalized spacial score (nSPS) is 17.2. The van der Waals surface area contributed by atoms with Gasteiger partial charge in [0.05, 0.1) is 17.7 Å². The van der Waals surface area contributed by atoms with E-state index < -0.39 is 0 Å². The highest BCUT2D eigenvalue weighted by Gasteiger charge is 2.26. The number of aromatic nitrogens is 1. The van der Waals surface area contributed by atoms with Crippen LogP contribution in [0, 0.1) is 5.92 Å². The van der Waals surface area contributed by atoms with Gasteiger partial charge in [-0.3, -0.25) is 9.69 Å². The van der Waals surface area contributed by atoms with Crippen molar-refractivity contribution in [2.24, 2.45) is 13.0 Å². The molecule has 0 bridgehead atoms. The second kappa shape index (κ2) is 7.89. The van der Waals surface area contributed by atoms with Gasteiger partial charge in [0.1, 0.15) is 5.69 Å². The largest absolute Gasteiger partial charge is 0.379 e. The zero-order valence-corrected chi connectivity index (χ0v) is 16.7. The van der Waals surface area contributed by atoms with E-state index in [1.807, 2.05) is 35.9 Å². The fourth-order valence-electron chi connectivity index (χ4n) is 3.58. The molecular weight excluding hydrogens is 382 g/mol. The fraction of sp³-hybridized carbons (Fsp3) is 0.526. The molecule has 1 unspecified atom stereocenters. The Labute approximate surface area is 157 Å². The molecule has 1 aromatic carbocycles. The molecule has 1 aliphatic heterocycles. The van der Waals surface area contributed by atoms with Gasteiger partial charge in [-0.25, -0.2) is 0 Å². The topological polar surface area (TPSA) is 46.5 Å². The Morgan fingerprint density at radius 3 is 2.60 bits per heavy atom. The molecule has 136 valence electrons. The molecule has 2 aromatic rings. The summed E-state index contributed by atoms with van der Waals surface area (Å²) < 4.78 is 8.26. The lowest BCUT2D eigenvalue weighted by Gasteiger charge is -2.36. The second-order valence-electron chi connectivity index (χ2n) is 6.91. The molecule has 1 fully saturated rings. The highest BCUT2D eigenvalue weighted by atomic mass is 79.9. The predicted molar refractivity (Wildman–Crippen MR) is 104 cm³/mol. The highest BCUT2D eigenvalue weighted by Crippen LogP contribution is 2.30. The van der Waals surface area contributed by atoms with E-state index >= 15 is 0 Å². The lowest BCUT2D eigenvalue weighted by molar-refractivity contribution is 0.00670. The van der Waals surface area contributed by atoms with E-state index in [9.17, 15) is 4.79 Å². The summed E-state index contributed by atoms with van der Waals surface area (Å²) >= 11 is 3.61. The Kier molecular flexibility index (Phi) is 5.81. The van der Waals surface area contributed by atoms with E-state index in [-0.39, 0.29) is 5.91 Å². The first-order chi connectivity index (χ1) is 12.0. The van der Waals surface area contributed by atoms with Crippen molar-refractivity contribution in [1.82, 2.24) is 14.8 Å². The number of morpholine rings is 1. The average Bonchev–Trinajstić information content (AvgIpc) is 2.87. The number of amides is 1. The van der Waals surface area contributed by atoms with Crippen molar-refractivity contribution in [3.05, 3.63) is 34.4 Å². The number of benzene rings is 1. The van der Waals surface area contributed by atoms with E-state index in [4.69, 9.17) is 4.74 Å². The molecule has 1 aliphatic rings. The SMILES string of the molecule is CC(C)C(CNC(=O)c1c(Br)c2ccccc2n1C)N1CCOCC1. The molecule has 0 saturated carbocycles. The van der Waals surface area contributed by atoms with Crippen LogP contribution in [-0.2, 0) is 11.8 Å². The molecule has 3 rings (SSSR count). The summed E-state index contributed by atoms with van der Waals surface area (Å²) in [5, 5.41) is 4.21. The van der Waals surface area contributed by atoms with Gasteiger partial charge < -0.3 is 14.6 Å². The number of ether oxygens (including phenoxy) is 1. The van der Waals surface area contributed by atoms with Crippen LogP contribution < -0.4 is 5.32 Å². The summed E-state index contributed by atoms with van der Waals surface area (Å²) in [6, 6.07) is 8.36. The molecule has 1 saturated heterocycles. The van der Waals surface area contributed by atoms with Crippen LogP contribution in [0.15, 0.2) is 28.7 Å². The number of rotatable bonds is 5. The molecule has 1 N–H and O–H groups in total. The summed E-state index contributed by atoms with van der Waals surface area (Å²) in [6.45, 7) is 8.45. The molecule has 0 spiro atoms. The minimum Gasteiger partial charge on any atom is -0.379 e. The number of nitrogens with one attached hydrogen (secondary N) is 1. The summed E-state index contributed by atoms with van der Waals surface area (Å²) in [7, 11) is 1.93. The van der Waals surface area contributed by atoms with Crippen LogP contribution in [-0.4, -0.2) is 54.3 Å². The van der Waals surface area contributed by atoms with E-state index in [0.29, 0.717) is 24.2 Å². The molecule has 0 radical (unpaired) electrons. The Bertz CT molecular complexity index is 711. The first-order valence-corrected chi connectivity index (χ1v) is 9.63. The number of hydrogen-bond donors (Lipinski definition) is 1. The van der Waals surface area contributed by atoms with E-state index in [1.165, 1.54) is 0 Å². The van der Waals surface area contributed by atoms with Crippen LogP contribution in [0.5, 0.6) is 0 Å². The zero-order chi connectivity index (χ0) is 18.0. The van der Waals surface area contributed by atoms with Crippen LogP contribution in [0.2, 0.25) is 0 Å². The quantitative estimate of drug-likeness (QED) is 0.828. The summed E-state index contributed by atoms with van der Waals surface area (Å²) in [5.74, 6) is 0.429. The lowest BCUT2D eigenvalue weighted by Crippen LogP contribution is -2.51. The van der Waals surface area contributed by atoms with Gasteiger partial charge in [-0.15, -0.1) is 0 Å². The van der Waals surface area contributed by atoms with E-state index in [2.05, 4.69) is 40.0 Å². The highest BCUT2D eigenvalue weighted by molar-refractivity contribution is 9.10. The fourth-order valence-corrected chi connectivity index (χ4v) is 4.36. The number of aryl methyl sites for hydroxylation is 1. The summed E-state index contributed by atoms with van der Waals surface area (Å²) in [6.07, 6.45) is 0. The number of para-hydroxylation sites is 1. The van der Waals surface area contributed by atoms with Crippen molar-refractivity contribution in [1.29, 1.82) is 0 Å². The zero-order valence-electron chi connectivity index (χ0n) is 15.1. The van der Waals surface area contributed by atoms with Gasteiger partial charge in [0, 0.05) is 43.6 Å². The number of fused-ring (bicyclic) bond motifs is 1. The van der Waals surface area contributed by atoms with Crippen LogP contribution in [0.3, 0.4) is 0 Å². The maximum Gasteiger partial charge on any atom is 0.269 e. The maximum absolute atomic E-state index is 12.9. The van der Waals surface area contributed by atoms with Gasteiger partial charge in [0.25, 0.3) is 5.91 Å². The van der Waals surface area contributed by atoms with Gasteiger partial charge in [-0.2, -0.15) is 0 Å². The van der Waals surface area contributed by atoms with Crippen molar-refractivity contribution in [2.45, 2.75) is 19.9 Å². The minimum absolute atomic E-state index is 0.0375. The molecule has 1 amide bonds. The van der Waals surface area contributed by atoms with E-state index in [0.717, 1.165) is 41.7 Å². The molecule has 0 aliphatic carbocycles. The van der Waals surface area contributed by atoms with Crippen molar-refractivity contribution in [2.75, 3.05) is 32.8 Å². The summed E-state index contributed by atoms with van der Waals surface area (Å²) in [5.41, 5.74) is 1.72. The van der Waals surface area contributed by atoms with Crippen LogP contribution in [0.1, 0.15) is 24.3 Å². The third kappa shape index (κ3) is 3.76. The number of halogens is 1. The standard InChI is InChI=1S/C19H26BrN3O2/c1-13(2)16(23-8-10-25-11-9-23)12-21-19(24)18-17(20)14-6-4-5-7-15(14)22(18)3/h4-7,13,16H,8-12H2,1-3H3,(H,21,24). The Morgan fingerprint density at radius 1 is 1.28 bits per heavy atom. The molecular formula is C19H26BrN3O2. The third-order valence-corrected chi connectivity index (χ3v) is 5.82. The van der Waals surface area contributed by atoms with Crippen molar-refractivity contribution in [3.63, 3.8) is 0 Å². The number of hydrogen-bond acceptors (Lipinski definition) is 3. The average molecular weight is 408 g/mol. The van der Waals surface area contributed by atoms with Gasteiger partial charge in [0.15, 0.2) is 0 Å². The Morgan fingerprint density at radius 2 is 1.96 bits per heavy atom. The molecule has 1 atom stereocenters. The Hall–Kier alpha value is -1.37. The molecule has 25 heavy (non-hydrogen) atoms. The van der Waals surface area contributed by atoms with Gasteiger partial charge in [-0.05, 0) is 27.9 Å². The minimum atomic E-state index is -0.0375. The van der Waals surface area contributed by atoms with Gasteiger partial charge in [-0.1, -0.05) is 32.0 Å². The van der Waals surface area contributed by atoms with Gasteiger partial charge in [0.2, 0.25) is 0 Å². The van der Waals surface area contributed by atoms with Crippen LogP contribution >= 0.6 is 15.9 Å². The van der Waals surface area contributed by atoms with Gasteiger partial charge >= 0.3 is 0 Å². The molecule has 5 nitrogen and oxygen atoms in total. The van der Waals surface area contributed by atoms with Crippen LogP contribution in [0.4, 0.5) is 0 Å². The number of carbonyl (C=O) groups excluding carboxylic acids is 1. The Balaban J connectivity index is 1.75. The monoisotopic (exact) mass is 407 g/mol.